The third kappa shape index (κ3) is 7.52. The molecule has 0 saturated heterocycles. The minimum absolute atomic E-state index is 0.476. The quantitative estimate of drug-likeness (QED) is 0.615. The van der Waals surface area contributed by atoms with Crippen molar-refractivity contribution in [2.24, 2.45) is 5.41 Å². The van der Waals surface area contributed by atoms with Crippen LogP contribution < -0.4 is 0 Å². The highest BCUT2D eigenvalue weighted by Crippen LogP contribution is 2.38. The minimum atomic E-state index is -4.86. The number of rotatable bonds is 6. The Morgan fingerprint density at radius 3 is 1.80 bits per heavy atom. The highest BCUT2D eigenvalue weighted by atomic mass is 19.4. The molecule has 148 valence electrons. The first kappa shape index (κ1) is 23.5. The summed E-state index contributed by atoms with van der Waals surface area (Å²) in [6.07, 6.45) is -7.65. The first-order chi connectivity index (χ1) is 10.9. The van der Waals surface area contributed by atoms with Crippen molar-refractivity contribution >= 4 is 12.1 Å². The van der Waals surface area contributed by atoms with Crippen LogP contribution in [0, 0.1) is 5.41 Å². The fourth-order valence-corrected chi connectivity index (χ4v) is 1.75. The Morgan fingerprint density at radius 2 is 1.44 bits per heavy atom. The molecule has 0 amide bonds. The molecule has 25 heavy (non-hydrogen) atoms. The summed E-state index contributed by atoms with van der Waals surface area (Å²) in [6.45, 7) is 11.6. The molecule has 0 radical (unpaired) electrons. The topological polar surface area (TPSA) is 61.8 Å². The largest absolute Gasteiger partial charge is 0.509 e. The van der Waals surface area contributed by atoms with Gasteiger partial charge in [-0.2, -0.15) is 13.2 Å². The number of ether oxygens (including phenoxy) is 3. The molecule has 0 N–H and O–H groups in total. The molecular weight excluding hydrogens is 341 g/mol. The first-order valence-corrected chi connectivity index (χ1v) is 8.13. The zero-order valence-electron chi connectivity index (χ0n) is 16.2. The third-order valence-electron chi connectivity index (χ3n) is 3.72. The zero-order chi connectivity index (χ0) is 20.3. The molecule has 0 aliphatic rings. The summed E-state index contributed by atoms with van der Waals surface area (Å²) in [7, 11) is 0. The van der Waals surface area contributed by atoms with Gasteiger partial charge < -0.3 is 14.2 Å². The van der Waals surface area contributed by atoms with E-state index in [2.05, 4.69) is 4.74 Å². The summed E-state index contributed by atoms with van der Waals surface area (Å²) < 4.78 is 54.7. The van der Waals surface area contributed by atoms with Crippen molar-refractivity contribution in [2.75, 3.05) is 0 Å². The van der Waals surface area contributed by atoms with Crippen LogP contribution in [0.5, 0.6) is 0 Å². The van der Waals surface area contributed by atoms with E-state index in [1.807, 2.05) is 0 Å². The smallest absolute Gasteiger partial charge is 0.462 e. The molecule has 0 spiro atoms. The van der Waals surface area contributed by atoms with Gasteiger partial charge in [0, 0.05) is 6.42 Å². The van der Waals surface area contributed by atoms with Gasteiger partial charge in [0.05, 0.1) is 5.41 Å². The average molecular weight is 370 g/mol. The van der Waals surface area contributed by atoms with Crippen LogP contribution >= 0.6 is 0 Å². The highest BCUT2D eigenvalue weighted by Gasteiger charge is 2.56. The molecule has 0 rings (SSSR count). The van der Waals surface area contributed by atoms with E-state index in [1.54, 1.807) is 20.8 Å². The van der Waals surface area contributed by atoms with Crippen LogP contribution in [0.1, 0.15) is 68.2 Å². The van der Waals surface area contributed by atoms with E-state index in [0.717, 1.165) is 6.92 Å². The number of hydrogen-bond acceptors (Lipinski definition) is 5. The number of hydrogen-bond donors (Lipinski definition) is 0. The standard InChI is InChI=1S/C17H29F3O5/c1-9-15(6,7)12(21)23-11(2)10-16(8,17(18,19)20)25-13(22)24-14(3,4)5/h11H,9-10H2,1-8H3. The van der Waals surface area contributed by atoms with Crippen LogP contribution in [0.2, 0.25) is 0 Å². The van der Waals surface area contributed by atoms with Crippen LogP contribution in [0.25, 0.3) is 0 Å². The van der Waals surface area contributed by atoms with Crippen LogP contribution in [0.4, 0.5) is 18.0 Å². The lowest BCUT2D eigenvalue weighted by Crippen LogP contribution is -2.49. The van der Waals surface area contributed by atoms with Crippen molar-refractivity contribution in [3.8, 4) is 0 Å². The molecule has 2 atom stereocenters. The second-order valence-corrected chi connectivity index (χ2v) is 7.95. The van der Waals surface area contributed by atoms with Gasteiger partial charge in [0.15, 0.2) is 0 Å². The molecule has 0 fully saturated rings. The van der Waals surface area contributed by atoms with Gasteiger partial charge in [-0.3, -0.25) is 4.79 Å². The molecule has 0 aliphatic heterocycles. The Bertz CT molecular complexity index is 480. The van der Waals surface area contributed by atoms with Gasteiger partial charge in [-0.05, 0) is 54.9 Å². The van der Waals surface area contributed by atoms with Crippen LogP contribution in [0.15, 0.2) is 0 Å². The number of alkyl halides is 3. The average Bonchev–Trinajstić information content (AvgIpc) is 2.33. The van der Waals surface area contributed by atoms with Crippen molar-refractivity contribution in [1.29, 1.82) is 0 Å². The molecule has 0 bridgehead atoms. The van der Waals surface area contributed by atoms with Gasteiger partial charge in [0.1, 0.15) is 11.7 Å². The summed E-state index contributed by atoms with van der Waals surface area (Å²) >= 11 is 0. The maximum Gasteiger partial charge on any atom is 0.509 e. The maximum atomic E-state index is 13.4. The number of carbonyl (C=O) groups excluding carboxylic acids is 2. The SMILES string of the molecule is CCC(C)(C)C(=O)OC(C)CC(C)(OC(=O)OC(C)(C)C)C(F)(F)F. The molecular formula is C17H29F3O5. The second-order valence-electron chi connectivity index (χ2n) is 7.95. The fraction of sp³-hybridized carbons (Fsp3) is 0.882. The third-order valence-corrected chi connectivity index (χ3v) is 3.72. The van der Waals surface area contributed by atoms with E-state index in [0.29, 0.717) is 6.42 Å². The molecule has 0 aromatic carbocycles. The number of carbonyl (C=O) groups is 2. The maximum absolute atomic E-state index is 13.4. The predicted octanol–water partition coefficient (Wildman–Crippen LogP) is 5.02. The van der Waals surface area contributed by atoms with E-state index >= 15 is 0 Å². The molecule has 8 heteroatoms. The lowest BCUT2D eigenvalue weighted by molar-refractivity contribution is -0.267. The lowest BCUT2D eigenvalue weighted by Gasteiger charge is -2.34. The van der Waals surface area contributed by atoms with E-state index < -0.39 is 47.4 Å². The van der Waals surface area contributed by atoms with E-state index in [1.165, 1.54) is 27.7 Å². The molecule has 0 heterocycles. The van der Waals surface area contributed by atoms with E-state index in [9.17, 15) is 22.8 Å². The fourth-order valence-electron chi connectivity index (χ4n) is 1.75. The van der Waals surface area contributed by atoms with Crippen molar-refractivity contribution in [2.45, 2.75) is 91.7 Å². The Morgan fingerprint density at radius 1 is 0.960 bits per heavy atom. The van der Waals surface area contributed by atoms with Crippen LogP contribution in [-0.4, -0.2) is 35.6 Å². The summed E-state index contributed by atoms with van der Waals surface area (Å²) in [5.74, 6) is -0.607. The molecule has 0 aromatic rings. The van der Waals surface area contributed by atoms with E-state index in [-0.39, 0.29) is 0 Å². The molecule has 0 aromatic heterocycles. The zero-order valence-corrected chi connectivity index (χ0v) is 16.2. The second kappa shape index (κ2) is 7.83. The van der Waals surface area contributed by atoms with Gasteiger partial charge in [-0.15, -0.1) is 0 Å². The summed E-state index contributed by atoms with van der Waals surface area (Å²) in [4.78, 5) is 23.7. The Hall–Kier alpha value is -1.47. The lowest BCUT2D eigenvalue weighted by atomic mass is 9.90. The summed E-state index contributed by atoms with van der Waals surface area (Å²) in [5.41, 5.74) is -4.65. The number of esters is 1. The van der Waals surface area contributed by atoms with Crippen molar-refractivity contribution in [1.82, 2.24) is 0 Å². The highest BCUT2D eigenvalue weighted by molar-refractivity contribution is 5.76. The van der Waals surface area contributed by atoms with Gasteiger partial charge >= 0.3 is 18.3 Å². The van der Waals surface area contributed by atoms with E-state index in [4.69, 9.17) is 9.47 Å². The van der Waals surface area contributed by atoms with Crippen LogP contribution in [0.3, 0.4) is 0 Å². The predicted molar refractivity (Wildman–Crippen MR) is 86.0 cm³/mol. The van der Waals surface area contributed by atoms with Gasteiger partial charge in [-0.25, -0.2) is 4.79 Å². The molecule has 2 unspecified atom stereocenters. The van der Waals surface area contributed by atoms with Gasteiger partial charge in [-0.1, -0.05) is 6.92 Å². The Kier molecular flexibility index (Phi) is 7.37. The summed E-state index contributed by atoms with van der Waals surface area (Å²) in [6, 6.07) is 0. The van der Waals surface area contributed by atoms with Gasteiger partial charge in [0.2, 0.25) is 5.60 Å². The normalized spacial score (nSPS) is 16.6. The minimum Gasteiger partial charge on any atom is -0.462 e. The Labute approximate surface area is 147 Å². The number of halogens is 3. The molecule has 0 saturated carbocycles. The first-order valence-electron chi connectivity index (χ1n) is 8.13. The van der Waals surface area contributed by atoms with Crippen molar-refractivity contribution in [3.05, 3.63) is 0 Å². The molecule has 0 aliphatic carbocycles. The molecule has 5 nitrogen and oxygen atoms in total. The summed E-state index contributed by atoms with van der Waals surface area (Å²) in [5, 5.41) is 0. The van der Waals surface area contributed by atoms with Crippen molar-refractivity contribution in [3.63, 3.8) is 0 Å². The van der Waals surface area contributed by atoms with Crippen molar-refractivity contribution < 1.29 is 37.0 Å². The van der Waals surface area contributed by atoms with Gasteiger partial charge in [0.25, 0.3) is 0 Å². The monoisotopic (exact) mass is 370 g/mol. The Balaban J connectivity index is 5.17. The van der Waals surface area contributed by atoms with Crippen LogP contribution in [-0.2, 0) is 19.0 Å².